The second kappa shape index (κ2) is 5.13. The second-order valence-electron chi connectivity index (χ2n) is 5.04. The molecule has 20 heavy (non-hydrogen) atoms. The maximum atomic E-state index is 11.0. The topological polar surface area (TPSA) is 62.2 Å². The van der Waals surface area contributed by atoms with Crippen LogP contribution >= 0.6 is 12.4 Å². The third kappa shape index (κ3) is 2.34. The smallest absolute Gasteiger partial charge is 0.337 e. The molecular formula is C15H15ClN2O2. The van der Waals surface area contributed by atoms with Crippen molar-refractivity contribution in [1.29, 1.82) is 0 Å². The quantitative estimate of drug-likeness (QED) is 0.892. The maximum absolute atomic E-state index is 11.0. The predicted octanol–water partition coefficient (Wildman–Crippen LogP) is 3.09. The van der Waals surface area contributed by atoms with Gasteiger partial charge in [0.05, 0.1) is 11.1 Å². The number of carboxylic acids is 1. The lowest BCUT2D eigenvalue weighted by Crippen LogP contribution is -2.29. The molecule has 0 spiro atoms. The first kappa shape index (κ1) is 14.3. The summed E-state index contributed by atoms with van der Waals surface area (Å²) in [7, 11) is 0. The summed E-state index contributed by atoms with van der Waals surface area (Å²) in [4.78, 5) is 15.2. The molecule has 1 unspecified atom stereocenters. The van der Waals surface area contributed by atoms with E-state index in [-0.39, 0.29) is 23.5 Å². The van der Waals surface area contributed by atoms with Crippen LogP contribution in [0.2, 0.25) is 0 Å². The molecule has 1 aromatic heterocycles. The van der Waals surface area contributed by atoms with Gasteiger partial charge >= 0.3 is 5.97 Å². The van der Waals surface area contributed by atoms with Crippen LogP contribution in [0.15, 0.2) is 42.6 Å². The molecule has 4 nitrogen and oxygen atoms in total. The Morgan fingerprint density at radius 3 is 2.70 bits per heavy atom. The Kier molecular flexibility index (Phi) is 3.68. The van der Waals surface area contributed by atoms with E-state index in [0.29, 0.717) is 0 Å². The fraction of sp³-hybridized carbons (Fsp3) is 0.200. The highest BCUT2D eigenvalue weighted by molar-refractivity contribution is 5.88. The first-order valence-electron chi connectivity index (χ1n) is 6.14. The summed E-state index contributed by atoms with van der Waals surface area (Å²) in [6.45, 7) is 2.10. The molecule has 2 aromatic rings. The molecule has 0 amide bonds. The Labute approximate surface area is 123 Å². The Balaban J connectivity index is 0.00000147. The molecule has 0 radical (unpaired) electrons. The van der Waals surface area contributed by atoms with Crippen molar-refractivity contribution in [2.24, 2.45) is 0 Å². The van der Waals surface area contributed by atoms with Crippen molar-refractivity contribution in [1.82, 2.24) is 4.98 Å². The summed E-state index contributed by atoms with van der Waals surface area (Å²) < 4.78 is 0. The summed E-state index contributed by atoms with van der Waals surface area (Å²) in [5.41, 5.74) is 2.13. The number of hydrogen-bond acceptors (Lipinski definition) is 3. The van der Waals surface area contributed by atoms with Gasteiger partial charge in [-0.2, -0.15) is 0 Å². The van der Waals surface area contributed by atoms with Crippen LogP contribution < -0.4 is 5.32 Å². The molecule has 2 heterocycles. The number of aromatic carboxylic acids is 1. The summed E-state index contributed by atoms with van der Waals surface area (Å²) in [6, 6.07) is 11.8. The van der Waals surface area contributed by atoms with Crippen LogP contribution in [-0.4, -0.2) is 16.1 Å². The number of benzene rings is 1. The number of nitrogens with zero attached hydrogens (tertiary/aromatic N) is 1. The van der Waals surface area contributed by atoms with Gasteiger partial charge in [0.15, 0.2) is 0 Å². The first-order chi connectivity index (χ1) is 9.08. The van der Waals surface area contributed by atoms with Crippen LogP contribution in [0.25, 0.3) is 0 Å². The number of aromatic nitrogens is 1. The van der Waals surface area contributed by atoms with Crippen molar-refractivity contribution in [3.63, 3.8) is 0 Å². The molecular weight excluding hydrogens is 276 g/mol. The van der Waals surface area contributed by atoms with Crippen molar-refractivity contribution in [2.45, 2.75) is 18.9 Å². The molecule has 0 saturated heterocycles. The minimum Gasteiger partial charge on any atom is -0.478 e. The SMILES string of the molecule is CC1(c2ccccc2)Cc2cc(C(=O)O)cnc2N1.Cl. The molecule has 5 heteroatoms. The van der Waals surface area contributed by atoms with Gasteiger partial charge in [-0.3, -0.25) is 0 Å². The molecule has 3 rings (SSSR count). The van der Waals surface area contributed by atoms with E-state index in [9.17, 15) is 4.79 Å². The van der Waals surface area contributed by atoms with Crippen LogP contribution in [-0.2, 0) is 12.0 Å². The van der Waals surface area contributed by atoms with Crippen LogP contribution in [0.1, 0.15) is 28.4 Å². The largest absolute Gasteiger partial charge is 0.478 e. The van der Waals surface area contributed by atoms with Gasteiger partial charge in [0, 0.05) is 12.6 Å². The van der Waals surface area contributed by atoms with E-state index in [0.717, 1.165) is 17.8 Å². The van der Waals surface area contributed by atoms with Gasteiger partial charge in [-0.1, -0.05) is 30.3 Å². The van der Waals surface area contributed by atoms with Crippen LogP contribution in [0, 0.1) is 0 Å². The molecule has 0 bridgehead atoms. The number of halogens is 1. The monoisotopic (exact) mass is 290 g/mol. The average molecular weight is 291 g/mol. The van der Waals surface area contributed by atoms with E-state index in [1.54, 1.807) is 6.07 Å². The van der Waals surface area contributed by atoms with Gasteiger partial charge in [-0.05, 0) is 24.1 Å². The number of nitrogens with one attached hydrogen (secondary N) is 1. The Bertz CT molecular complexity index is 646. The highest BCUT2D eigenvalue weighted by atomic mass is 35.5. The number of carbonyl (C=O) groups is 1. The zero-order valence-corrected chi connectivity index (χ0v) is 11.8. The molecule has 2 N–H and O–H groups in total. The summed E-state index contributed by atoms with van der Waals surface area (Å²) in [5.74, 6) is -0.167. The van der Waals surface area contributed by atoms with Gasteiger partial charge in [-0.15, -0.1) is 12.4 Å². The van der Waals surface area contributed by atoms with E-state index in [2.05, 4.69) is 29.4 Å². The van der Waals surface area contributed by atoms with Crippen molar-refractivity contribution in [3.8, 4) is 0 Å². The highest BCUT2D eigenvalue weighted by Gasteiger charge is 2.34. The van der Waals surface area contributed by atoms with E-state index in [1.807, 2.05) is 18.2 Å². The van der Waals surface area contributed by atoms with E-state index >= 15 is 0 Å². The molecule has 1 aliphatic heterocycles. The third-order valence-electron chi connectivity index (χ3n) is 3.56. The highest BCUT2D eigenvalue weighted by Crippen LogP contribution is 2.37. The van der Waals surface area contributed by atoms with Crippen molar-refractivity contribution < 1.29 is 9.90 Å². The number of carboxylic acid groups (broad SMARTS) is 1. The van der Waals surface area contributed by atoms with Crippen LogP contribution in [0.5, 0.6) is 0 Å². The number of fused-ring (bicyclic) bond motifs is 1. The molecule has 1 aliphatic rings. The standard InChI is InChI=1S/C15H14N2O2.ClH/c1-15(12-5-3-2-4-6-12)8-10-7-11(14(18)19)9-16-13(10)17-15;/h2-7,9H,8H2,1H3,(H,16,17)(H,18,19);1H. The van der Waals surface area contributed by atoms with Gasteiger partial charge in [0.1, 0.15) is 5.82 Å². The molecule has 0 aliphatic carbocycles. The molecule has 0 saturated carbocycles. The van der Waals surface area contributed by atoms with E-state index in [4.69, 9.17) is 5.11 Å². The number of hydrogen-bond donors (Lipinski definition) is 2. The predicted molar refractivity (Wildman–Crippen MR) is 79.6 cm³/mol. The lowest BCUT2D eigenvalue weighted by molar-refractivity contribution is 0.0696. The van der Waals surface area contributed by atoms with Gasteiger partial charge in [-0.25, -0.2) is 9.78 Å². The Hall–Kier alpha value is -2.07. The summed E-state index contributed by atoms with van der Waals surface area (Å²) >= 11 is 0. The fourth-order valence-electron chi connectivity index (χ4n) is 2.54. The van der Waals surface area contributed by atoms with E-state index < -0.39 is 5.97 Å². The van der Waals surface area contributed by atoms with Crippen LogP contribution in [0.4, 0.5) is 5.82 Å². The van der Waals surface area contributed by atoms with Crippen molar-refractivity contribution >= 4 is 24.2 Å². The molecule has 1 atom stereocenters. The number of anilines is 1. The minimum atomic E-state index is -0.941. The Morgan fingerprint density at radius 1 is 1.35 bits per heavy atom. The lowest BCUT2D eigenvalue weighted by atomic mass is 9.89. The molecule has 0 fully saturated rings. The lowest BCUT2D eigenvalue weighted by Gasteiger charge is -2.25. The zero-order chi connectivity index (χ0) is 13.5. The van der Waals surface area contributed by atoms with Gasteiger partial charge in [0.25, 0.3) is 0 Å². The van der Waals surface area contributed by atoms with Crippen LogP contribution in [0.3, 0.4) is 0 Å². The average Bonchev–Trinajstić information content (AvgIpc) is 2.76. The number of pyridine rings is 1. The molecule has 104 valence electrons. The normalized spacial score (nSPS) is 19.6. The second-order valence-corrected chi connectivity index (χ2v) is 5.04. The minimum absolute atomic E-state index is 0. The third-order valence-corrected chi connectivity index (χ3v) is 3.56. The zero-order valence-electron chi connectivity index (χ0n) is 11.0. The summed E-state index contributed by atoms with van der Waals surface area (Å²) in [6.07, 6.45) is 2.13. The van der Waals surface area contributed by atoms with Crippen molar-refractivity contribution in [3.05, 3.63) is 59.3 Å². The first-order valence-corrected chi connectivity index (χ1v) is 6.14. The van der Waals surface area contributed by atoms with Crippen molar-refractivity contribution in [2.75, 3.05) is 5.32 Å². The molecule has 1 aromatic carbocycles. The fourth-order valence-corrected chi connectivity index (χ4v) is 2.54. The maximum Gasteiger partial charge on any atom is 0.337 e. The number of rotatable bonds is 2. The summed E-state index contributed by atoms with van der Waals surface area (Å²) in [5, 5.41) is 12.4. The van der Waals surface area contributed by atoms with Gasteiger partial charge < -0.3 is 10.4 Å². The van der Waals surface area contributed by atoms with Gasteiger partial charge in [0.2, 0.25) is 0 Å². The Morgan fingerprint density at radius 2 is 2.05 bits per heavy atom. The van der Waals surface area contributed by atoms with E-state index in [1.165, 1.54) is 11.8 Å².